The Bertz CT molecular complexity index is 412. The van der Waals surface area contributed by atoms with Gasteiger partial charge in [-0.2, -0.15) is 0 Å². The molecule has 0 aromatic carbocycles. The van der Waals surface area contributed by atoms with Gasteiger partial charge >= 0.3 is 0 Å². The minimum Gasteiger partial charge on any atom is -0.354 e. The van der Waals surface area contributed by atoms with E-state index in [2.05, 4.69) is 5.32 Å². The number of nitrogens with one attached hydrogen (secondary N) is 1. The third kappa shape index (κ3) is 3.21. The molecule has 1 aromatic rings. The maximum absolute atomic E-state index is 11.9. The Balaban J connectivity index is 1.76. The average molecular weight is 273 g/mol. The van der Waals surface area contributed by atoms with Crippen molar-refractivity contribution in [2.75, 3.05) is 6.54 Å². The molecule has 2 rings (SSSR count). The summed E-state index contributed by atoms with van der Waals surface area (Å²) in [5.41, 5.74) is 5.32. The van der Waals surface area contributed by atoms with Crippen LogP contribution in [0.4, 0.5) is 0 Å². The van der Waals surface area contributed by atoms with Crippen LogP contribution in [0.2, 0.25) is 4.34 Å². The number of amides is 1. The lowest BCUT2D eigenvalue weighted by Crippen LogP contribution is -2.53. The first-order chi connectivity index (χ1) is 8.00. The molecule has 1 saturated carbocycles. The number of hydrogen-bond acceptors (Lipinski definition) is 3. The second-order valence-electron chi connectivity index (χ2n) is 4.77. The molecule has 3 N–H and O–H groups in total. The maximum Gasteiger partial charge on any atom is 0.240 e. The third-order valence-electron chi connectivity index (χ3n) is 3.20. The van der Waals surface area contributed by atoms with Gasteiger partial charge in [0.15, 0.2) is 0 Å². The monoisotopic (exact) mass is 272 g/mol. The number of hydrogen-bond donors (Lipinski definition) is 2. The van der Waals surface area contributed by atoms with Crippen molar-refractivity contribution in [2.24, 2.45) is 11.7 Å². The van der Waals surface area contributed by atoms with Crippen molar-refractivity contribution in [1.82, 2.24) is 5.32 Å². The van der Waals surface area contributed by atoms with E-state index in [1.54, 1.807) is 11.3 Å². The van der Waals surface area contributed by atoms with Crippen molar-refractivity contribution in [1.29, 1.82) is 0 Å². The van der Waals surface area contributed by atoms with Gasteiger partial charge in [-0.25, -0.2) is 0 Å². The summed E-state index contributed by atoms with van der Waals surface area (Å²) < 4.78 is 0.785. The molecule has 0 radical (unpaired) electrons. The van der Waals surface area contributed by atoms with E-state index in [9.17, 15) is 4.79 Å². The van der Waals surface area contributed by atoms with Gasteiger partial charge in [0.1, 0.15) is 0 Å². The van der Waals surface area contributed by atoms with Gasteiger partial charge in [-0.05, 0) is 44.2 Å². The number of carbonyl (C=O) groups excluding carboxylic acids is 1. The summed E-state index contributed by atoms with van der Waals surface area (Å²) in [4.78, 5) is 13.1. The van der Waals surface area contributed by atoms with Gasteiger partial charge < -0.3 is 11.1 Å². The van der Waals surface area contributed by atoms with Crippen molar-refractivity contribution >= 4 is 28.8 Å². The average Bonchev–Trinajstić information content (AvgIpc) is 3.04. The molecule has 1 aliphatic rings. The van der Waals surface area contributed by atoms with Crippen molar-refractivity contribution in [2.45, 2.75) is 31.7 Å². The Morgan fingerprint density at radius 1 is 1.65 bits per heavy atom. The highest BCUT2D eigenvalue weighted by atomic mass is 35.5. The van der Waals surface area contributed by atoms with Crippen molar-refractivity contribution in [3.8, 4) is 0 Å². The highest BCUT2D eigenvalue weighted by molar-refractivity contribution is 7.16. The van der Waals surface area contributed by atoms with E-state index in [-0.39, 0.29) is 5.91 Å². The number of carbonyl (C=O) groups is 1. The largest absolute Gasteiger partial charge is 0.354 e. The molecule has 1 unspecified atom stereocenters. The molecule has 1 fully saturated rings. The summed E-state index contributed by atoms with van der Waals surface area (Å²) in [6.07, 6.45) is 2.95. The second kappa shape index (κ2) is 4.96. The van der Waals surface area contributed by atoms with Crippen LogP contribution >= 0.6 is 22.9 Å². The van der Waals surface area contributed by atoms with Gasteiger partial charge in [0.25, 0.3) is 0 Å². The van der Waals surface area contributed by atoms with Crippen LogP contribution in [0.3, 0.4) is 0 Å². The van der Waals surface area contributed by atoms with Crippen LogP contribution in [0.1, 0.15) is 24.6 Å². The summed E-state index contributed by atoms with van der Waals surface area (Å²) in [6.45, 7) is 2.44. The minimum atomic E-state index is -0.701. The molecule has 94 valence electrons. The highest BCUT2D eigenvalue weighted by Gasteiger charge is 2.43. The lowest BCUT2D eigenvalue weighted by molar-refractivity contribution is -0.126. The van der Waals surface area contributed by atoms with Crippen LogP contribution in [0.25, 0.3) is 0 Å². The maximum atomic E-state index is 11.9. The Hall–Kier alpha value is -0.580. The van der Waals surface area contributed by atoms with Gasteiger partial charge in [0.05, 0.1) is 9.88 Å². The lowest BCUT2D eigenvalue weighted by atomic mass is 9.96. The van der Waals surface area contributed by atoms with Crippen LogP contribution < -0.4 is 11.1 Å². The zero-order valence-corrected chi connectivity index (χ0v) is 11.4. The van der Waals surface area contributed by atoms with Gasteiger partial charge in [-0.3, -0.25) is 4.79 Å². The standard InChI is InChI=1S/C12H17ClN2OS/c1-12(14,8-2-3-8)11(16)15-7-6-9-4-5-10(13)17-9/h4-5,8H,2-3,6-7,14H2,1H3,(H,15,16). The first-order valence-electron chi connectivity index (χ1n) is 5.81. The Morgan fingerprint density at radius 2 is 2.35 bits per heavy atom. The minimum absolute atomic E-state index is 0.0392. The van der Waals surface area contributed by atoms with Gasteiger partial charge in [-0.1, -0.05) is 11.6 Å². The molecule has 0 bridgehead atoms. The number of thiophene rings is 1. The summed E-state index contributed by atoms with van der Waals surface area (Å²) in [7, 11) is 0. The molecule has 1 heterocycles. The van der Waals surface area contributed by atoms with E-state index in [0.29, 0.717) is 12.5 Å². The quantitative estimate of drug-likeness (QED) is 0.863. The second-order valence-corrected chi connectivity index (χ2v) is 6.57. The van der Waals surface area contributed by atoms with Crippen molar-refractivity contribution < 1.29 is 4.79 Å². The molecule has 0 aliphatic heterocycles. The van der Waals surface area contributed by atoms with E-state index >= 15 is 0 Å². The van der Waals surface area contributed by atoms with Crippen LogP contribution in [0, 0.1) is 5.92 Å². The topological polar surface area (TPSA) is 55.1 Å². The molecule has 5 heteroatoms. The zero-order valence-electron chi connectivity index (χ0n) is 9.83. The summed E-state index contributed by atoms with van der Waals surface area (Å²) in [5, 5.41) is 2.90. The normalized spacial score (nSPS) is 18.8. The fourth-order valence-corrected chi connectivity index (χ4v) is 2.93. The van der Waals surface area contributed by atoms with Gasteiger partial charge in [0.2, 0.25) is 5.91 Å². The fraction of sp³-hybridized carbons (Fsp3) is 0.583. The molecule has 1 amide bonds. The van der Waals surface area contributed by atoms with E-state index < -0.39 is 5.54 Å². The van der Waals surface area contributed by atoms with Crippen LogP contribution in [-0.4, -0.2) is 18.0 Å². The fourth-order valence-electron chi connectivity index (χ4n) is 1.84. The molecule has 1 aromatic heterocycles. The predicted molar refractivity (Wildman–Crippen MR) is 71.4 cm³/mol. The van der Waals surface area contributed by atoms with E-state index in [0.717, 1.165) is 23.6 Å². The van der Waals surface area contributed by atoms with Crippen LogP contribution in [0.15, 0.2) is 12.1 Å². The number of rotatable bonds is 5. The lowest BCUT2D eigenvalue weighted by Gasteiger charge is -2.22. The number of nitrogens with two attached hydrogens (primary N) is 1. The first kappa shape index (κ1) is 12.9. The molecule has 17 heavy (non-hydrogen) atoms. The molecule has 0 spiro atoms. The Morgan fingerprint density at radius 3 is 2.88 bits per heavy atom. The Kier molecular flexibility index (Phi) is 3.76. The third-order valence-corrected chi connectivity index (χ3v) is 4.49. The summed E-state index contributed by atoms with van der Waals surface area (Å²) in [5.74, 6) is 0.321. The number of halogens is 1. The van der Waals surface area contributed by atoms with Crippen molar-refractivity contribution in [3.05, 3.63) is 21.3 Å². The molecule has 3 nitrogen and oxygen atoms in total. The first-order valence-corrected chi connectivity index (χ1v) is 7.01. The molecular weight excluding hydrogens is 256 g/mol. The van der Waals surface area contributed by atoms with E-state index in [4.69, 9.17) is 17.3 Å². The summed E-state index contributed by atoms with van der Waals surface area (Å²) >= 11 is 7.38. The highest BCUT2D eigenvalue weighted by Crippen LogP contribution is 2.38. The summed E-state index contributed by atoms with van der Waals surface area (Å²) in [6, 6.07) is 3.86. The zero-order chi connectivity index (χ0) is 12.5. The van der Waals surface area contributed by atoms with Crippen molar-refractivity contribution in [3.63, 3.8) is 0 Å². The van der Waals surface area contributed by atoms with Gasteiger partial charge in [0, 0.05) is 11.4 Å². The van der Waals surface area contributed by atoms with Gasteiger partial charge in [-0.15, -0.1) is 11.3 Å². The Labute approximate surface area is 110 Å². The molecular formula is C12H17ClN2OS. The van der Waals surface area contributed by atoms with E-state index in [1.807, 2.05) is 19.1 Å². The van der Waals surface area contributed by atoms with E-state index in [1.165, 1.54) is 4.88 Å². The molecule has 1 atom stereocenters. The predicted octanol–water partition coefficient (Wildman–Crippen LogP) is 2.19. The molecule has 1 aliphatic carbocycles. The molecule has 0 saturated heterocycles. The smallest absolute Gasteiger partial charge is 0.240 e. The van der Waals surface area contributed by atoms with Crippen LogP contribution in [-0.2, 0) is 11.2 Å². The van der Waals surface area contributed by atoms with Crippen LogP contribution in [0.5, 0.6) is 0 Å². The SMILES string of the molecule is CC(N)(C(=O)NCCc1ccc(Cl)s1)C1CC1.